The molecule has 15 aromatic rings. The van der Waals surface area contributed by atoms with E-state index in [9.17, 15) is 0 Å². The van der Waals surface area contributed by atoms with Crippen molar-refractivity contribution in [3.05, 3.63) is 279 Å². The summed E-state index contributed by atoms with van der Waals surface area (Å²) in [5.41, 5.74) is 18.9. The molecule has 0 radical (unpaired) electrons. The molecular weight excluding hydrogens is 933 g/mol. The third kappa shape index (κ3) is 7.57. The van der Waals surface area contributed by atoms with Crippen molar-refractivity contribution in [1.29, 1.82) is 0 Å². The molecule has 0 aliphatic carbocycles. The first-order valence-corrected chi connectivity index (χ1v) is 26.3. The number of pyridine rings is 2. The second-order valence-corrected chi connectivity index (χ2v) is 19.9. The molecular formula is C73H46N4. The predicted octanol–water partition coefficient (Wildman–Crippen LogP) is 19.3. The molecule has 0 atom stereocenters. The summed E-state index contributed by atoms with van der Waals surface area (Å²) < 4.78 is 2.24. The van der Waals surface area contributed by atoms with Crippen molar-refractivity contribution in [2.45, 2.75) is 0 Å². The van der Waals surface area contributed by atoms with Gasteiger partial charge in [0.15, 0.2) is 0 Å². The van der Waals surface area contributed by atoms with Gasteiger partial charge >= 0.3 is 0 Å². The lowest BCUT2D eigenvalue weighted by Crippen LogP contribution is -1.97. The standard InChI is InChI=1S/C73H46N4/c1-4-19-48(20-5-1)63-45-66(50-33-37-52(38-34-50)69-57-26-12-14-28-59(57)70(60-29-15-13-27-58(60)69)55-41-32-47-18-10-11-23-54(47)44-55)74-71-61(63)42-43-62-64(49-21-6-2-7-22-49)46-67(75-72(62)71)51-35-39-53(40-36-51)73-76-65-30-16-17-31-68(65)77(73)56-24-8-3-9-25-56/h1-46H. The second-order valence-electron chi connectivity index (χ2n) is 19.9. The summed E-state index contributed by atoms with van der Waals surface area (Å²) in [6, 6.07) is 100. The summed E-state index contributed by atoms with van der Waals surface area (Å²) >= 11 is 0. The van der Waals surface area contributed by atoms with Gasteiger partial charge in [0.2, 0.25) is 0 Å². The number of nitrogens with zero attached hydrogens (tertiary/aromatic N) is 4. The van der Waals surface area contributed by atoms with E-state index in [1.807, 2.05) is 12.1 Å². The van der Waals surface area contributed by atoms with E-state index in [1.54, 1.807) is 0 Å². The van der Waals surface area contributed by atoms with Gasteiger partial charge in [-0.2, -0.15) is 0 Å². The van der Waals surface area contributed by atoms with Gasteiger partial charge in [-0.1, -0.05) is 237 Å². The summed E-state index contributed by atoms with van der Waals surface area (Å²) in [6.07, 6.45) is 0. The molecule has 3 aromatic heterocycles. The van der Waals surface area contributed by atoms with Crippen LogP contribution in [-0.4, -0.2) is 19.5 Å². The monoisotopic (exact) mass is 978 g/mol. The van der Waals surface area contributed by atoms with E-state index in [-0.39, 0.29) is 0 Å². The molecule has 0 saturated heterocycles. The zero-order valence-electron chi connectivity index (χ0n) is 41.8. The normalized spacial score (nSPS) is 11.6. The molecule has 3 heterocycles. The lowest BCUT2D eigenvalue weighted by molar-refractivity contribution is 1.10. The molecule has 4 heteroatoms. The van der Waals surface area contributed by atoms with Crippen LogP contribution >= 0.6 is 0 Å². The quantitative estimate of drug-likeness (QED) is 0.113. The van der Waals surface area contributed by atoms with Gasteiger partial charge in [-0.05, 0) is 119 Å². The molecule has 0 aliphatic heterocycles. The van der Waals surface area contributed by atoms with Crippen LogP contribution in [0.15, 0.2) is 279 Å². The Bertz CT molecular complexity index is 4700. The fourth-order valence-corrected chi connectivity index (χ4v) is 11.7. The highest BCUT2D eigenvalue weighted by Gasteiger charge is 2.21. The molecule has 0 fully saturated rings. The summed E-state index contributed by atoms with van der Waals surface area (Å²) in [7, 11) is 0. The molecule has 0 spiro atoms. The van der Waals surface area contributed by atoms with Crippen LogP contribution in [0.5, 0.6) is 0 Å². The summed E-state index contributed by atoms with van der Waals surface area (Å²) in [4.78, 5) is 16.4. The summed E-state index contributed by atoms with van der Waals surface area (Å²) in [6.45, 7) is 0. The Morgan fingerprint density at radius 2 is 0.688 bits per heavy atom. The van der Waals surface area contributed by atoms with Crippen LogP contribution in [0, 0.1) is 0 Å². The minimum atomic E-state index is 0.855. The Hall–Kier alpha value is -10.3. The van der Waals surface area contributed by atoms with Gasteiger partial charge in [-0.3, -0.25) is 4.57 Å². The molecule has 0 saturated carbocycles. The predicted molar refractivity (Wildman–Crippen MR) is 322 cm³/mol. The lowest BCUT2D eigenvalue weighted by Gasteiger charge is -2.18. The Morgan fingerprint density at radius 3 is 1.25 bits per heavy atom. The number of para-hydroxylation sites is 3. The largest absolute Gasteiger partial charge is 0.292 e. The first-order valence-electron chi connectivity index (χ1n) is 26.3. The van der Waals surface area contributed by atoms with Crippen molar-refractivity contribution in [2.75, 3.05) is 0 Å². The third-order valence-electron chi connectivity index (χ3n) is 15.4. The number of hydrogen-bond acceptors (Lipinski definition) is 3. The molecule has 0 unspecified atom stereocenters. The lowest BCUT2D eigenvalue weighted by atomic mass is 9.85. The van der Waals surface area contributed by atoms with Gasteiger partial charge in [0.1, 0.15) is 5.82 Å². The van der Waals surface area contributed by atoms with Crippen molar-refractivity contribution in [2.24, 2.45) is 0 Å². The van der Waals surface area contributed by atoms with Gasteiger partial charge < -0.3 is 0 Å². The van der Waals surface area contributed by atoms with Crippen LogP contribution in [0.2, 0.25) is 0 Å². The van der Waals surface area contributed by atoms with Crippen LogP contribution in [0.25, 0.3) is 149 Å². The summed E-state index contributed by atoms with van der Waals surface area (Å²) in [5.74, 6) is 0.890. The highest BCUT2D eigenvalue weighted by Crippen LogP contribution is 2.45. The molecule has 12 aromatic carbocycles. The fraction of sp³-hybridized carbons (Fsp3) is 0. The summed E-state index contributed by atoms with van der Waals surface area (Å²) in [5, 5.41) is 9.49. The van der Waals surface area contributed by atoms with Gasteiger partial charge in [0.05, 0.1) is 33.5 Å². The first kappa shape index (κ1) is 44.2. The number of benzene rings is 12. The second kappa shape index (κ2) is 18.3. The molecule has 0 bridgehead atoms. The third-order valence-corrected chi connectivity index (χ3v) is 15.4. The number of imidazole rings is 1. The van der Waals surface area contributed by atoms with Crippen LogP contribution in [-0.2, 0) is 0 Å². The van der Waals surface area contributed by atoms with Crippen LogP contribution in [0.4, 0.5) is 0 Å². The number of hydrogen-bond donors (Lipinski definition) is 0. The van der Waals surface area contributed by atoms with E-state index < -0.39 is 0 Å². The highest BCUT2D eigenvalue weighted by molar-refractivity contribution is 6.22. The fourth-order valence-electron chi connectivity index (χ4n) is 11.7. The molecule has 77 heavy (non-hydrogen) atoms. The average molecular weight is 979 g/mol. The van der Waals surface area contributed by atoms with Crippen LogP contribution in [0.3, 0.4) is 0 Å². The first-order chi connectivity index (χ1) is 38.2. The van der Waals surface area contributed by atoms with Crippen molar-refractivity contribution < 1.29 is 0 Å². The minimum absolute atomic E-state index is 0.855. The van der Waals surface area contributed by atoms with E-state index >= 15 is 0 Å². The molecule has 0 N–H and O–H groups in total. The topological polar surface area (TPSA) is 43.6 Å². The van der Waals surface area contributed by atoms with Gasteiger partial charge in [-0.25, -0.2) is 15.0 Å². The molecule has 0 aliphatic rings. The van der Waals surface area contributed by atoms with Crippen molar-refractivity contribution >= 4 is 65.2 Å². The van der Waals surface area contributed by atoms with E-state index in [0.29, 0.717) is 0 Å². The Morgan fingerprint density at radius 1 is 0.260 bits per heavy atom. The maximum absolute atomic E-state index is 5.64. The van der Waals surface area contributed by atoms with E-state index in [0.717, 1.165) is 100 Å². The molecule has 15 rings (SSSR count). The SMILES string of the molecule is c1ccc(-c2cc(-c3ccc(-c4c5ccccc5c(-c5ccc6ccccc6c5)c5ccccc45)cc3)nc3c2ccc2c(-c4ccccc4)cc(-c4ccc(-c5nc6ccccc6n5-c5ccccc5)cc4)nc23)cc1. The van der Waals surface area contributed by atoms with Crippen LogP contribution in [0.1, 0.15) is 0 Å². The molecule has 4 nitrogen and oxygen atoms in total. The Labute approximate surface area is 445 Å². The van der Waals surface area contributed by atoms with E-state index in [4.69, 9.17) is 15.0 Å². The van der Waals surface area contributed by atoms with E-state index in [1.165, 1.54) is 49.0 Å². The Balaban J connectivity index is 0.891. The molecule has 358 valence electrons. The smallest absolute Gasteiger partial charge is 0.145 e. The minimum Gasteiger partial charge on any atom is -0.292 e. The van der Waals surface area contributed by atoms with Crippen LogP contribution < -0.4 is 0 Å². The van der Waals surface area contributed by atoms with Crippen molar-refractivity contribution in [3.63, 3.8) is 0 Å². The van der Waals surface area contributed by atoms with E-state index in [2.05, 4.69) is 271 Å². The van der Waals surface area contributed by atoms with Gasteiger partial charge in [0, 0.05) is 33.2 Å². The van der Waals surface area contributed by atoms with Gasteiger partial charge in [-0.15, -0.1) is 0 Å². The average Bonchev–Trinajstić information content (AvgIpc) is 3.93. The maximum atomic E-state index is 5.64. The van der Waals surface area contributed by atoms with Gasteiger partial charge in [0.25, 0.3) is 0 Å². The van der Waals surface area contributed by atoms with Crippen molar-refractivity contribution in [3.8, 4) is 84.1 Å². The Kier molecular flexibility index (Phi) is 10.5. The highest BCUT2D eigenvalue weighted by atomic mass is 15.1. The zero-order valence-corrected chi connectivity index (χ0v) is 41.8. The number of fused-ring (bicyclic) bond motifs is 7. The zero-order chi connectivity index (χ0) is 50.8. The number of rotatable bonds is 8. The maximum Gasteiger partial charge on any atom is 0.145 e. The molecule has 0 amide bonds. The number of aromatic nitrogens is 4. The van der Waals surface area contributed by atoms with Crippen molar-refractivity contribution in [1.82, 2.24) is 19.5 Å².